The summed E-state index contributed by atoms with van der Waals surface area (Å²) < 4.78 is 11.3. The topological polar surface area (TPSA) is 73.3 Å². The molecule has 0 aliphatic heterocycles. The van der Waals surface area contributed by atoms with Gasteiger partial charge in [-0.1, -0.05) is 30.3 Å². The molecule has 2 aromatic carbocycles. The first-order valence-electron chi connectivity index (χ1n) is 9.25. The number of carbonyl (C=O) groups excluding carboxylic acids is 1. The van der Waals surface area contributed by atoms with Crippen LogP contribution in [-0.4, -0.2) is 23.0 Å². The van der Waals surface area contributed by atoms with Gasteiger partial charge in [0.15, 0.2) is 16.6 Å². The van der Waals surface area contributed by atoms with E-state index in [0.717, 1.165) is 16.8 Å². The van der Waals surface area contributed by atoms with E-state index in [1.807, 2.05) is 47.8 Å². The second-order valence-corrected chi connectivity index (χ2v) is 7.23. The molecular formula is C23H19N3O3S. The standard InChI is InChI=1S/C23H19N3O3S/c1-28-21-12-17(9-10-20(21)29-14-16-6-3-2-4-7-16)22(27)26-23-25-19(15-30-23)18-8-5-11-24-13-18/h2-13,15H,14H2,1H3,(H,25,26,27). The van der Waals surface area contributed by atoms with Crippen LogP contribution in [0.2, 0.25) is 0 Å². The van der Waals surface area contributed by atoms with Crippen molar-refractivity contribution in [2.45, 2.75) is 6.61 Å². The Morgan fingerprint density at radius 2 is 1.93 bits per heavy atom. The van der Waals surface area contributed by atoms with Crippen LogP contribution in [-0.2, 0) is 6.61 Å². The van der Waals surface area contributed by atoms with Gasteiger partial charge in [-0.25, -0.2) is 4.98 Å². The Bertz CT molecular complexity index is 1130. The first-order chi connectivity index (χ1) is 14.7. The Hall–Kier alpha value is -3.71. The minimum Gasteiger partial charge on any atom is -0.493 e. The fraction of sp³-hybridized carbons (Fsp3) is 0.0870. The van der Waals surface area contributed by atoms with Crippen LogP contribution in [0.1, 0.15) is 15.9 Å². The molecule has 1 N–H and O–H groups in total. The normalized spacial score (nSPS) is 10.4. The number of hydrogen-bond acceptors (Lipinski definition) is 6. The molecule has 2 aromatic heterocycles. The Morgan fingerprint density at radius 3 is 2.70 bits per heavy atom. The van der Waals surface area contributed by atoms with E-state index in [1.165, 1.54) is 11.3 Å². The highest BCUT2D eigenvalue weighted by Gasteiger charge is 2.14. The first-order valence-corrected chi connectivity index (χ1v) is 10.1. The summed E-state index contributed by atoms with van der Waals surface area (Å²) in [6.45, 7) is 0.416. The third-order valence-electron chi connectivity index (χ3n) is 4.34. The molecule has 0 spiro atoms. The van der Waals surface area contributed by atoms with Crippen molar-refractivity contribution in [2.75, 3.05) is 12.4 Å². The molecular weight excluding hydrogens is 398 g/mol. The summed E-state index contributed by atoms with van der Waals surface area (Å²) in [7, 11) is 1.55. The Labute approximate surface area is 178 Å². The van der Waals surface area contributed by atoms with Gasteiger partial charge in [-0.15, -0.1) is 11.3 Å². The monoisotopic (exact) mass is 417 g/mol. The SMILES string of the molecule is COc1cc(C(=O)Nc2nc(-c3cccnc3)cs2)ccc1OCc1ccccc1. The van der Waals surface area contributed by atoms with Gasteiger partial charge in [-0.05, 0) is 35.9 Å². The van der Waals surface area contributed by atoms with E-state index >= 15 is 0 Å². The lowest BCUT2D eigenvalue weighted by atomic mass is 10.2. The van der Waals surface area contributed by atoms with E-state index in [1.54, 1.807) is 37.7 Å². The predicted octanol–water partition coefficient (Wildman–Crippen LogP) is 5.05. The highest BCUT2D eigenvalue weighted by Crippen LogP contribution is 2.30. The van der Waals surface area contributed by atoms with Crippen LogP contribution in [0.4, 0.5) is 5.13 Å². The average molecular weight is 417 g/mol. The average Bonchev–Trinajstić information content (AvgIpc) is 3.27. The summed E-state index contributed by atoms with van der Waals surface area (Å²) in [6, 6.07) is 18.7. The van der Waals surface area contributed by atoms with Crippen molar-refractivity contribution in [3.8, 4) is 22.8 Å². The van der Waals surface area contributed by atoms with Gasteiger partial charge in [0.05, 0.1) is 12.8 Å². The molecule has 6 nitrogen and oxygen atoms in total. The van der Waals surface area contributed by atoms with E-state index in [0.29, 0.717) is 28.8 Å². The molecule has 0 fully saturated rings. The smallest absolute Gasteiger partial charge is 0.257 e. The number of rotatable bonds is 7. The summed E-state index contributed by atoms with van der Waals surface area (Å²) in [5, 5.41) is 5.23. The third-order valence-corrected chi connectivity index (χ3v) is 5.10. The van der Waals surface area contributed by atoms with E-state index in [9.17, 15) is 4.79 Å². The predicted molar refractivity (Wildman–Crippen MR) is 117 cm³/mol. The van der Waals surface area contributed by atoms with Gasteiger partial charge in [0.1, 0.15) is 6.61 Å². The summed E-state index contributed by atoms with van der Waals surface area (Å²) in [5.41, 5.74) is 3.17. The molecule has 4 aromatic rings. The van der Waals surface area contributed by atoms with Gasteiger partial charge in [-0.2, -0.15) is 0 Å². The summed E-state index contributed by atoms with van der Waals surface area (Å²) in [6.07, 6.45) is 3.44. The van der Waals surface area contributed by atoms with Crippen molar-refractivity contribution in [1.82, 2.24) is 9.97 Å². The number of ether oxygens (including phenoxy) is 2. The van der Waals surface area contributed by atoms with Crippen LogP contribution < -0.4 is 14.8 Å². The molecule has 30 heavy (non-hydrogen) atoms. The van der Waals surface area contributed by atoms with Crippen molar-refractivity contribution in [3.63, 3.8) is 0 Å². The van der Waals surface area contributed by atoms with Crippen LogP contribution in [0.15, 0.2) is 78.4 Å². The van der Waals surface area contributed by atoms with Gasteiger partial charge in [-0.3, -0.25) is 15.1 Å². The van der Waals surface area contributed by atoms with Crippen LogP contribution in [0.25, 0.3) is 11.3 Å². The molecule has 0 aliphatic rings. The number of nitrogens with one attached hydrogen (secondary N) is 1. The van der Waals surface area contributed by atoms with Gasteiger partial charge in [0.25, 0.3) is 5.91 Å². The maximum atomic E-state index is 12.7. The maximum Gasteiger partial charge on any atom is 0.257 e. The van der Waals surface area contributed by atoms with Crippen molar-refractivity contribution in [1.29, 1.82) is 0 Å². The summed E-state index contributed by atoms with van der Waals surface area (Å²) in [4.78, 5) is 21.2. The van der Waals surface area contributed by atoms with Crippen molar-refractivity contribution >= 4 is 22.4 Å². The largest absolute Gasteiger partial charge is 0.493 e. The van der Waals surface area contributed by atoms with Crippen molar-refractivity contribution in [3.05, 3.63) is 89.6 Å². The number of nitrogens with zero attached hydrogens (tertiary/aromatic N) is 2. The van der Waals surface area contributed by atoms with E-state index < -0.39 is 0 Å². The number of thiazole rings is 1. The highest BCUT2D eigenvalue weighted by atomic mass is 32.1. The molecule has 0 saturated carbocycles. The molecule has 7 heteroatoms. The number of hydrogen-bond donors (Lipinski definition) is 1. The molecule has 0 aliphatic carbocycles. The second-order valence-electron chi connectivity index (χ2n) is 6.37. The number of methoxy groups -OCH3 is 1. The van der Waals surface area contributed by atoms with Crippen molar-refractivity contribution < 1.29 is 14.3 Å². The Kier molecular flexibility index (Phi) is 6.01. The van der Waals surface area contributed by atoms with Gasteiger partial charge < -0.3 is 9.47 Å². The van der Waals surface area contributed by atoms with Crippen LogP contribution >= 0.6 is 11.3 Å². The number of aromatic nitrogens is 2. The molecule has 0 unspecified atom stereocenters. The van der Waals surface area contributed by atoms with Gasteiger partial charge in [0.2, 0.25) is 0 Å². The van der Waals surface area contributed by atoms with Crippen LogP contribution in [0, 0.1) is 0 Å². The molecule has 1 amide bonds. The number of benzene rings is 2. The molecule has 0 radical (unpaired) electrons. The first kappa shape index (κ1) is 19.6. The fourth-order valence-corrected chi connectivity index (χ4v) is 3.53. The number of pyridine rings is 1. The van der Waals surface area contributed by atoms with Crippen molar-refractivity contribution in [2.24, 2.45) is 0 Å². The molecule has 0 atom stereocenters. The lowest BCUT2D eigenvalue weighted by Gasteiger charge is -2.12. The summed E-state index contributed by atoms with van der Waals surface area (Å²) in [5.74, 6) is 0.801. The zero-order chi connectivity index (χ0) is 20.8. The quantitative estimate of drug-likeness (QED) is 0.456. The van der Waals surface area contributed by atoms with Gasteiger partial charge in [0, 0.05) is 28.9 Å². The Balaban J connectivity index is 1.44. The minimum absolute atomic E-state index is 0.269. The minimum atomic E-state index is -0.269. The lowest BCUT2D eigenvalue weighted by molar-refractivity contribution is 0.102. The van der Waals surface area contributed by atoms with Crippen LogP contribution in [0.5, 0.6) is 11.5 Å². The third kappa shape index (κ3) is 4.64. The molecule has 150 valence electrons. The highest BCUT2D eigenvalue weighted by molar-refractivity contribution is 7.14. The van der Waals surface area contributed by atoms with E-state index in [-0.39, 0.29) is 5.91 Å². The van der Waals surface area contributed by atoms with Gasteiger partial charge >= 0.3 is 0 Å². The Morgan fingerprint density at radius 1 is 1.07 bits per heavy atom. The summed E-state index contributed by atoms with van der Waals surface area (Å²) >= 11 is 1.36. The second kappa shape index (κ2) is 9.19. The maximum absolute atomic E-state index is 12.7. The van der Waals surface area contributed by atoms with E-state index in [2.05, 4.69) is 15.3 Å². The molecule has 0 bridgehead atoms. The van der Waals surface area contributed by atoms with E-state index in [4.69, 9.17) is 9.47 Å². The zero-order valence-electron chi connectivity index (χ0n) is 16.2. The fourth-order valence-electron chi connectivity index (χ4n) is 2.81. The molecule has 2 heterocycles. The lowest BCUT2D eigenvalue weighted by Crippen LogP contribution is -2.12. The molecule has 0 saturated heterocycles. The van der Waals surface area contributed by atoms with Crippen LogP contribution in [0.3, 0.4) is 0 Å². The zero-order valence-corrected chi connectivity index (χ0v) is 17.1. The number of carbonyl (C=O) groups is 1. The number of amides is 1. The molecule has 4 rings (SSSR count). The number of anilines is 1.